The maximum absolute atomic E-state index is 13.3. The van der Waals surface area contributed by atoms with Gasteiger partial charge in [-0.3, -0.25) is 9.69 Å². The highest BCUT2D eigenvalue weighted by atomic mass is 19.2. The van der Waals surface area contributed by atoms with Gasteiger partial charge in [0.25, 0.3) is 0 Å². The van der Waals surface area contributed by atoms with Crippen LogP contribution in [0.3, 0.4) is 0 Å². The molecule has 26 heavy (non-hydrogen) atoms. The van der Waals surface area contributed by atoms with E-state index in [1.165, 1.54) is 12.1 Å². The number of hydrogen-bond acceptors (Lipinski definition) is 2. The van der Waals surface area contributed by atoms with E-state index in [1.54, 1.807) is 12.3 Å². The number of H-pyrrole nitrogens is 1. The molecule has 3 rings (SSSR count). The van der Waals surface area contributed by atoms with Crippen LogP contribution < -0.4 is 5.43 Å². The number of aryl methyl sites for hydroxylation is 2. The maximum Gasteiger partial charge on any atom is 0.187 e. The second-order valence-corrected chi connectivity index (χ2v) is 7.43. The fourth-order valence-corrected chi connectivity index (χ4v) is 3.79. The van der Waals surface area contributed by atoms with Crippen molar-refractivity contribution >= 4 is 0 Å². The van der Waals surface area contributed by atoms with Gasteiger partial charge in [-0.15, -0.1) is 0 Å². The zero-order valence-corrected chi connectivity index (χ0v) is 15.4. The third-order valence-electron chi connectivity index (χ3n) is 5.42. The van der Waals surface area contributed by atoms with Gasteiger partial charge in [0.2, 0.25) is 0 Å². The Kier molecular flexibility index (Phi) is 5.87. The Morgan fingerprint density at radius 2 is 2.04 bits per heavy atom. The van der Waals surface area contributed by atoms with Crippen molar-refractivity contribution in [3.05, 3.63) is 68.6 Å². The molecule has 5 heteroatoms. The first kappa shape index (κ1) is 18.8. The molecule has 1 aromatic heterocycles. The number of likely N-dealkylation sites (tertiary alicyclic amines) is 1. The standard InChI is InChI=1S/C21H26F2N2O/c1-14-11-24-20(15(2)21(14)26)13-25-9-3-4-17(12-25)6-5-16-7-8-18(22)19(23)10-16/h7-8,10-11,17H,3-6,9,12-13H2,1-2H3,(H,24,26). The monoisotopic (exact) mass is 360 g/mol. The zero-order valence-electron chi connectivity index (χ0n) is 15.4. The van der Waals surface area contributed by atoms with Crippen molar-refractivity contribution in [1.29, 1.82) is 0 Å². The van der Waals surface area contributed by atoms with E-state index in [0.717, 1.165) is 67.7 Å². The van der Waals surface area contributed by atoms with Gasteiger partial charge in [0.05, 0.1) is 0 Å². The van der Waals surface area contributed by atoms with Crippen molar-refractivity contribution in [3.8, 4) is 0 Å². The summed E-state index contributed by atoms with van der Waals surface area (Å²) in [6.45, 7) is 6.45. The van der Waals surface area contributed by atoms with Crippen LogP contribution in [0.15, 0.2) is 29.2 Å². The fraction of sp³-hybridized carbons (Fsp3) is 0.476. The van der Waals surface area contributed by atoms with Crippen LogP contribution in [0.2, 0.25) is 0 Å². The van der Waals surface area contributed by atoms with Gasteiger partial charge in [-0.05, 0) is 69.7 Å². The molecule has 3 nitrogen and oxygen atoms in total. The third kappa shape index (κ3) is 4.39. The molecule has 2 aromatic rings. The zero-order chi connectivity index (χ0) is 18.7. The van der Waals surface area contributed by atoms with E-state index in [-0.39, 0.29) is 5.43 Å². The molecular formula is C21H26F2N2O. The number of rotatable bonds is 5. The summed E-state index contributed by atoms with van der Waals surface area (Å²) in [4.78, 5) is 17.8. The lowest BCUT2D eigenvalue weighted by Gasteiger charge is -2.33. The molecule has 1 saturated heterocycles. The van der Waals surface area contributed by atoms with Crippen molar-refractivity contribution in [1.82, 2.24) is 9.88 Å². The highest BCUT2D eigenvalue weighted by molar-refractivity contribution is 5.23. The lowest BCUT2D eigenvalue weighted by Crippen LogP contribution is -2.36. The summed E-state index contributed by atoms with van der Waals surface area (Å²) >= 11 is 0. The molecule has 140 valence electrons. The molecule has 0 amide bonds. The molecule has 0 radical (unpaired) electrons. The minimum Gasteiger partial charge on any atom is -0.363 e. The van der Waals surface area contributed by atoms with E-state index < -0.39 is 11.6 Å². The fourth-order valence-electron chi connectivity index (χ4n) is 3.79. The van der Waals surface area contributed by atoms with Crippen LogP contribution in [-0.4, -0.2) is 23.0 Å². The number of hydrogen-bond donors (Lipinski definition) is 1. The van der Waals surface area contributed by atoms with Crippen molar-refractivity contribution in [2.45, 2.75) is 46.1 Å². The topological polar surface area (TPSA) is 36.1 Å². The Hall–Kier alpha value is -2.01. The molecule has 1 N–H and O–H groups in total. The second-order valence-electron chi connectivity index (χ2n) is 7.43. The maximum atomic E-state index is 13.3. The van der Waals surface area contributed by atoms with Gasteiger partial charge in [0.15, 0.2) is 17.1 Å². The molecule has 1 fully saturated rings. The molecule has 2 heterocycles. The minimum absolute atomic E-state index is 0.116. The van der Waals surface area contributed by atoms with Crippen molar-refractivity contribution in [3.63, 3.8) is 0 Å². The lowest BCUT2D eigenvalue weighted by molar-refractivity contribution is 0.160. The van der Waals surface area contributed by atoms with E-state index in [0.29, 0.717) is 5.92 Å². The van der Waals surface area contributed by atoms with Gasteiger partial charge in [0, 0.05) is 36.1 Å². The van der Waals surface area contributed by atoms with Crippen molar-refractivity contribution in [2.75, 3.05) is 13.1 Å². The summed E-state index contributed by atoms with van der Waals surface area (Å²) in [6, 6.07) is 4.17. The molecule has 0 saturated carbocycles. The molecule has 1 aliphatic heterocycles. The van der Waals surface area contributed by atoms with Gasteiger partial charge < -0.3 is 4.98 Å². The van der Waals surface area contributed by atoms with Crippen LogP contribution in [0.4, 0.5) is 8.78 Å². The Morgan fingerprint density at radius 1 is 1.23 bits per heavy atom. The Balaban J connectivity index is 1.58. The molecule has 0 bridgehead atoms. The predicted octanol–water partition coefficient (Wildman–Crippen LogP) is 4.11. The molecule has 1 aromatic carbocycles. The van der Waals surface area contributed by atoms with E-state index >= 15 is 0 Å². The van der Waals surface area contributed by atoms with Crippen LogP contribution in [0.1, 0.15) is 41.6 Å². The SMILES string of the molecule is Cc1c[nH]c(CN2CCCC(CCc3ccc(F)c(F)c3)C2)c(C)c1=O. The van der Waals surface area contributed by atoms with Gasteiger partial charge in [0.1, 0.15) is 0 Å². The number of aromatic amines is 1. The molecule has 1 aliphatic rings. The van der Waals surface area contributed by atoms with Gasteiger partial charge in [-0.1, -0.05) is 6.07 Å². The van der Waals surface area contributed by atoms with E-state index in [1.807, 2.05) is 13.8 Å². The minimum atomic E-state index is -0.792. The summed E-state index contributed by atoms with van der Waals surface area (Å²) < 4.78 is 26.4. The van der Waals surface area contributed by atoms with Crippen LogP contribution in [0.5, 0.6) is 0 Å². The first-order valence-electron chi connectivity index (χ1n) is 9.28. The normalized spacial score (nSPS) is 18.2. The number of nitrogens with one attached hydrogen (secondary N) is 1. The summed E-state index contributed by atoms with van der Waals surface area (Å²) in [7, 11) is 0. The smallest absolute Gasteiger partial charge is 0.187 e. The second kappa shape index (κ2) is 8.12. The number of aromatic nitrogens is 1. The van der Waals surface area contributed by atoms with Crippen LogP contribution in [-0.2, 0) is 13.0 Å². The summed E-state index contributed by atoms with van der Waals surface area (Å²) in [6.07, 6.45) is 5.79. The van der Waals surface area contributed by atoms with Gasteiger partial charge in [-0.2, -0.15) is 0 Å². The number of halogens is 2. The largest absolute Gasteiger partial charge is 0.363 e. The molecule has 1 unspecified atom stereocenters. The van der Waals surface area contributed by atoms with Crippen LogP contribution in [0.25, 0.3) is 0 Å². The Labute approximate surface area is 153 Å². The number of benzene rings is 1. The summed E-state index contributed by atoms with van der Waals surface area (Å²) in [5, 5.41) is 0. The highest BCUT2D eigenvalue weighted by Crippen LogP contribution is 2.23. The predicted molar refractivity (Wildman–Crippen MR) is 99.2 cm³/mol. The summed E-state index contributed by atoms with van der Waals surface area (Å²) in [5.74, 6) is -1.03. The lowest BCUT2D eigenvalue weighted by atomic mass is 9.91. The van der Waals surface area contributed by atoms with E-state index in [2.05, 4.69) is 9.88 Å². The first-order valence-corrected chi connectivity index (χ1v) is 9.28. The van der Waals surface area contributed by atoms with Crippen LogP contribution >= 0.6 is 0 Å². The number of nitrogens with zero attached hydrogens (tertiary/aromatic N) is 1. The quantitative estimate of drug-likeness (QED) is 0.871. The van der Waals surface area contributed by atoms with Crippen molar-refractivity contribution in [2.24, 2.45) is 5.92 Å². The van der Waals surface area contributed by atoms with Crippen LogP contribution in [0, 0.1) is 31.4 Å². The molecule has 0 spiro atoms. The number of pyridine rings is 1. The summed E-state index contributed by atoms with van der Waals surface area (Å²) in [5.41, 5.74) is 3.50. The van der Waals surface area contributed by atoms with E-state index in [9.17, 15) is 13.6 Å². The Morgan fingerprint density at radius 3 is 2.81 bits per heavy atom. The Bertz CT molecular complexity index is 831. The van der Waals surface area contributed by atoms with Crippen molar-refractivity contribution < 1.29 is 8.78 Å². The van der Waals surface area contributed by atoms with Gasteiger partial charge in [-0.25, -0.2) is 8.78 Å². The average Bonchev–Trinajstić information content (AvgIpc) is 2.63. The molecule has 1 atom stereocenters. The van der Waals surface area contributed by atoms with E-state index in [4.69, 9.17) is 0 Å². The third-order valence-corrected chi connectivity index (χ3v) is 5.42. The number of piperidine rings is 1. The highest BCUT2D eigenvalue weighted by Gasteiger charge is 2.21. The first-order chi connectivity index (χ1) is 12.4. The molecular weight excluding hydrogens is 334 g/mol. The molecule has 0 aliphatic carbocycles. The van der Waals surface area contributed by atoms with Gasteiger partial charge >= 0.3 is 0 Å². The average molecular weight is 360 g/mol.